The lowest BCUT2D eigenvalue weighted by Crippen LogP contribution is -2.15. The molecule has 100 valence electrons. The van der Waals surface area contributed by atoms with Crippen LogP contribution in [0.25, 0.3) is 0 Å². The number of aryl methyl sites for hydroxylation is 1. The van der Waals surface area contributed by atoms with E-state index in [4.69, 9.17) is 5.73 Å². The second-order valence-electron chi connectivity index (χ2n) is 4.65. The van der Waals surface area contributed by atoms with Crippen LogP contribution in [0, 0.1) is 12.8 Å². The molecule has 3 nitrogen and oxygen atoms in total. The molecule has 0 spiro atoms. The van der Waals surface area contributed by atoms with Gasteiger partial charge in [-0.3, -0.25) is 4.79 Å². The molecule has 0 saturated carbocycles. The summed E-state index contributed by atoms with van der Waals surface area (Å²) in [5.41, 5.74) is 8.23. The van der Waals surface area contributed by atoms with Gasteiger partial charge in [-0.25, -0.2) is 0 Å². The Balaban J connectivity index is 2.40. The molecule has 1 rings (SSSR count). The van der Waals surface area contributed by atoms with Gasteiger partial charge in [0.1, 0.15) is 0 Å². The standard InChI is InChI=1S/C14H22N2OS/c1-4-10(2)8-18-9-14(17)16-13-6-5-12(15)7-11(13)3/h5-7,10H,4,8-9,15H2,1-3H3,(H,16,17). The molecular formula is C14H22N2OS. The molecular weight excluding hydrogens is 244 g/mol. The van der Waals surface area contributed by atoms with Gasteiger partial charge in [0, 0.05) is 11.4 Å². The van der Waals surface area contributed by atoms with E-state index >= 15 is 0 Å². The summed E-state index contributed by atoms with van der Waals surface area (Å²) in [6.45, 7) is 6.32. The van der Waals surface area contributed by atoms with E-state index in [1.54, 1.807) is 17.8 Å². The lowest BCUT2D eigenvalue weighted by Gasteiger charge is -2.10. The first kappa shape index (κ1) is 14.9. The minimum Gasteiger partial charge on any atom is -0.399 e. The van der Waals surface area contributed by atoms with Gasteiger partial charge in [-0.15, -0.1) is 0 Å². The highest BCUT2D eigenvalue weighted by Crippen LogP contribution is 2.18. The molecule has 0 saturated heterocycles. The fourth-order valence-electron chi connectivity index (χ4n) is 1.48. The van der Waals surface area contributed by atoms with E-state index in [0.717, 1.165) is 29.1 Å². The molecule has 3 N–H and O–H groups in total. The minimum atomic E-state index is 0.0520. The SMILES string of the molecule is CCC(C)CSCC(=O)Nc1ccc(N)cc1C. The number of carbonyl (C=O) groups is 1. The van der Waals surface area contributed by atoms with E-state index in [0.29, 0.717) is 11.7 Å². The zero-order chi connectivity index (χ0) is 13.5. The topological polar surface area (TPSA) is 55.1 Å². The van der Waals surface area contributed by atoms with Gasteiger partial charge in [-0.1, -0.05) is 20.3 Å². The number of hydrogen-bond acceptors (Lipinski definition) is 3. The maximum absolute atomic E-state index is 11.8. The molecule has 0 aliphatic carbocycles. The van der Waals surface area contributed by atoms with Crippen molar-refractivity contribution in [1.82, 2.24) is 0 Å². The average Bonchev–Trinajstić information content (AvgIpc) is 2.32. The predicted molar refractivity (Wildman–Crippen MR) is 81.0 cm³/mol. The largest absolute Gasteiger partial charge is 0.399 e. The third-order valence-electron chi connectivity index (χ3n) is 2.86. The number of carbonyl (C=O) groups excluding carboxylic acids is 1. The zero-order valence-electron chi connectivity index (χ0n) is 11.3. The molecule has 0 aliphatic heterocycles. The van der Waals surface area contributed by atoms with Crippen LogP contribution in [0.3, 0.4) is 0 Å². The van der Waals surface area contributed by atoms with Crippen molar-refractivity contribution in [1.29, 1.82) is 0 Å². The van der Waals surface area contributed by atoms with Crippen molar-refractivity contribution in [2.45, 2.75) is 27.2 Å². The van der Waals surface area contributed by atoms with Crippen molar-refractivity contribution >= 4 is 29.0 Å². The highest BCUT2D eigenvalue weighted by molar-refractivity contribution is 7.99. The molecule has 0 aliphatic rings. The minimum absolute atomic E-state index is 0.0520. The number of thioether (sulfide) groups is 1. The molecule has 0 fully saturated rings. The van der Waals surface area contributed by atoms with Gasteiger partial charge in [0.25, 0.3) is 0 Å². The summed E-state index contributed by atoms with van der Waals surface area (Å²) in [5.74, 6) is 2.26. The number of benzene rings is 1. The van der Waals surface area contributed by atoms with Gasteiger partial charge < -0.3 is 11.1 Å². The molecule has 0 aromatic heterocycles. The van der Waals surface area contributed by atoms with Crippen LogP contribution in [0.2, 0.25) is 0 Å². The summed E-state index contributed by atoms with van der Waals surface area (Å²) in [7, 11) is 0. The summed E-state index contributed by atoms with van der Waals surface area (Å²) in [5, 5.41) is 2.91. The monoisotopic (exact) mass is 266 g/mol. The number of nitrogen functional groups attached to an aromatic ring is 1. The molecule has 1 amide bonds. The van der Waals surface area contributed by atoms with Crippen LogP contribution < -0.4 is 11.1 Å². The Morgan fingerprint density at radius 1 is 1.50 bits per heavy atom. The van der Waals surface area contributed by atoms with Crippen molar-refractivity contribution < 1.29 is 4.79 Å². The van der Waals surface area contributed by atoms with E-state index in [2.05, 4.69) is 19.2 Å². The maximum atomic E-state index is 11.8. The highest BCUT2D eigenvalue weighted by atomic mass is 32.2. The number of hydrogen-bond donors (Lipinski definition) is 2. The summed E-state index contributed by atoms with van der Waals surface area (Å²) in [6.07, 6.45) is 1.16. The molecule has 18 heavy (non-hydrogen) atoms. The van der Waals surface area contributed by atoms with E-state index in [1.807, 2.05) is 19.1 Å². The molecule has 1 aromatic carbocycles. The first-order valence-corrected chi connectivity index (χ1v) is 7.42. The van der Waals surface area contributed by atoms with Crippen molar-refractivity contribution in [3.8, 4) is 0 Å². The summed E-state index contributed by atoms with van der Waals surface area (Å²) in [6, 6.07) is 5.51. The number of rotatable bonds is 6. The lowest BCUT2D eigenvalue weighted by atomic mass is 10.2. The fraction of sp³-hybridized carbons (Fsp3) is 0.500. The van der Waals surface area contributed by atoms with Gasteiger partial charge in [0.2, 0.25) is 5.91 Å². The van der Waals surface area contributed by atoms with E-state index in [1.165, 1.54) is 0 Å². The third kappa shape index (κ3) is 5.00. The van der Waals surface area contributed by atoms with E-state index < -0.39 is 0 Å². The Morgan fingerprint density at radius 3 is 2.83 bits per heavy atom. The molecule has 0 radical (unpaired) electrons. The second kappa shape index (κ2) is 7.31. The highest BCUT2D eigenvalue weighted by Gasteiger charge is 2.06. The second-order valence-corrected chi connectivity index (χ2v) is 5.68. The number of nitrogens with two attached hydrogens (primary N) is 1. The van der Waals surface area contributed by atoms with Crippen molar-refractivity contribution in [2.24, 2.45) is 5.92 Å². The van der Waals surface area contributed by atoms with Crippen molar-refractivity contribution in [3.63, 3.8) is 0 Å². The quantitative estimate of drug-likeness (QED) is 0.777. The van der Waals surface area contributed by atoms with Gasteiger partial charge in [-0.05, 0) is 42.4 Å². The molecule has 0 heterocycles. The maximum Gasteiger partial charge on any atom is 0.234 e. The van der Waals surface area contributed by atoms with Crippen LogP contribution in [0.5, 0.6) is 0 Å². The number of anilines is 2. The van der Waals surface area contributed by atoms with Crippen molar-refractivity contribution in [3.05, 3.63) is 23.8 Å². The molecule has 1 unspecified atom stereocenters. The first-order chi connectivity index (χ1) is 8.52. The van der Waals surface area contributed by atoms with Crippen molar-refractivity contribution in [2.75, 3.05) is 22.6 Å². The van der Waals surface area contributed by atoms with Crippen LogP contribution in [-0.4, -0.2) is 17.4 Å². The molecule has 0 bridgehead atoms. The first-order valence-electron chi connectivity index (χ1n) is 6.26. The molecule has 1 atom stereocenters. The van der Waals surface area contributed by atoms with Gasteiger partial charge in [0.05, 0.1) is 5.75 Å². The molecule has 4 heteroatoms. The summed E-state index contributed by atoms with van der Waals surface area (Å²) in [4.78, 5) is 11.8. The molecule has 1 aromatic rings. The Kier molecular flexibility index (Phi) is 6.05. The summed E-state index contributed by atoms with van der Waals surface area (Å²) >= 11 is 1.69. The van der Waals surface area contributed by atoms with Crippen LogP contribution in [0.15, 0.2) is 18.2 Å². The third-order valence-corrected chi connectivity index (χ3v) is 4.13. The van der Waals surface area contributed by atoms with Crippen LogP contribution in [0.1, 0.15) is 25.8 Å². The Labute approximate surface area is 114 Å². The van der Waals surface area contributed by atoms with E-state index in [9.17, 15) is 4.79 Å². The average molecular weight is 266 g/mol. The predicted octanol–water partition coefficient (Wildman–Crippen LogP) is 3.30. The summed E-state index contributed by atoms with van der Waals surface area (Å²) < 4.78 is 0. The van der Waals surface area contributed by atoms with Gasteiger partial charge >= 0.3 is 0 Å². The fourth-order valence-corrected chi connectivity index (χ4v) is 2.50. The number of amides is 1. The zero-order valence-corrected chi connectivity index (χ0v) is 12.1. The van der Waals surface area contributed by atoms with Crippen LogP contribution in [0.4, 0.5) is 11.4 Å². The van der Waals surface area contributed by atoms with Gasteiger partial charge in [-0.2, -0.15) is 11.8 Å². The Bertz CT molecular complexity index is 407. The normalized spacial score (nSPS) is 12.2. The van der Waals surface area contributed by atoms with Crippen LogP contribution >= 0.6 is 11.8 Å². The number of nitrogens with one attached hydrogen (secondary N) is 1. The van der Waals surface area contributed by atoms with Crippen LogP contribution in [-0.2, 0) is 4.79 Å². The Hall–Kier alpha value is -1.16. The van der Waals surface area contributed by atoms with Gasteiger partial charge in [0.15, 0.2) is 0 Å². The lowest BCUT2D eigenvalue weighted by molar-refractivity contribution is -0.113. The smallest absolute Gasteiger partial charge is 0.234 e. The van der Waals surface area contributed by atoms with E-state index in [-0.39, 0.29) is 5.91 Å². The Morgan fingerprint density at radius 2 is 2.22 bits per heavy atom.